The first-order chi connectivity index (χ1) is 10.1. The summed E-state index contributed by atoms with van der Waals surface area (Å²) in [7, 11) is 0. The van der Waals surface area contributed by atoms with E-state index >= 15 is 0 Å². The zero-order valence-corrected chi connectivity index (χ0v) is 13.2. The van der Waals surface area contributed by atoms with Crippen LogP contribution in [0.15, 0.2) is 12.1 Å². The molecule has 0 spiro atoms. The van der Waals surface area contributed by atoms with Crippen molar-refractivity contribution in [1.29, 1.82) is 0 Å². The second-order valence-electron chi connectivity index (χ2n) is 4.80. The summed E-state index contributed by atoms with van der Waals surface area (Å²) < 4.78 is 39.6. The molecule has 0 amide bonds. The minimum Gasteiger partial charge on any atom is -0.351 e. The van der Waals surface area contributed by atoms with Gasteiger partial charge in [-0.05, 0) is 45.4 Å². The van der Waals surface area contributed by atoms with E-state index in [0.29, 0.717) is 25.3 Å². The summed E-state index contributed by atoms with van der Waals surface area (Å²) in [5.41, 5.74) is 0.386. The molecule has 1 rings (SSSR count). The highest BCUT2D eigenvalue weighted by Gasteiger charge is 2.29. The number of hydrogen-bond acceptors (Lipinski definition) is 3. The van der Waals surface area contributed by atoms with Gasteiger partial charge in [0.2, 0.25) is 0 Å². The summed E-state index contributed by atoms with van der Waals surface area (Å²) >= 11 is 0. The van der Waals surface area contributed by atoms with Crippen LogP contribution in [0.2, 0.25) is 0 Å². The highest BCUT2D eigenvalue weighted by atomic mass is 19.1. The largest absolute Gasteiger partial charge is 0.351 e. The van der Waals surface area contributed by atoms with Crippen LogP contribution in [0.25, 0.3) is 0 Å². The van der Waals surface area contributed by atoms with Crippen molar-refractivity contribution >= 4 is 0 Å². The Balaban J connectivity index is 3.19. The van der Waals surface area contributed by atoms with Crippen molar-refractivity contribution in [3.63, 3.8) is 0 Å². The molecule has 0 heterocycles. The molecule has 0 radical (unpaired) electrons. The van der Waals surface area contributed by atoms with Crippen molar-refractivity contribution in [3.8, 4) is 0 Å². The SMILES string of the molecule is CCCNC(c1c(F)ccc(C)c1F)C(OCC)OCC. The van der Waals surface area contributed by atoms with Crippen LogP contribution in [0.5, 0.6) is 0 Å². The predicted octanol–water partition coefficient (Wildman–Crippen LogP) is 3.71. The molecule has 0 saturated heterocycles. The van der Waals surface area contributed by atoms with Crippen molar-refractivity contribution < 1.29 is 18.3 Å². The molecule has 1 aromatic carbocycles. The molecule has 0 fully saturated rings. The summed E-state index contributed by atoms with van der Waals surface area (Å²) in [5, 5.41) is 3.13. The van der Waals surface area contributed by atoms with E-state index < -0.39 is 24.0 Å². The zero-order chi connectivity index (χ0) is 15.8. The second kappa shape index (κ2) is 9.07. The van der Waals surface area contributed by atoms with Gasteiger partial charge in [-0.2, -0.15) is 0 Å². The fourth-order valence-corrected chi connectivity index (χ4v) is 2.17. The minimum atomic E-state index is -0.725. The van der Waals surface area contributed by atoms with E-state index in [2.05, 4.69) is 5.32 Å². The second-order valence-corrected chi connectivity index (χ2v) is 4.80. The van der Waals surface area contributed by atoms with E-state index in [1.54, 1.807) is 6.92 Å². The summed E-state index contributed by atoms with van der Waals surface area (Å²) in [4.78, 5) is 0. The van der Waals surface area contributed by atoms with Gasteiger partial charge in [0.1, 0.15) is 11.6 Å². The lowest BCUT2D eigenvalue weighted by atomic mass is 10.0. The van der Waals surface area contributed by atoms with Crippen LogP contribution >= 0.6 is 0 Å². The molecule has 0 aromatic heterocycles. The average molecular weight is 301 g/mol. The molecule has 21 heavy (non-hydrogen) atoms. The van der Waals surface area contributed by atoms with E-state index in [0.717, 1.165) is 6.42 Å². The number of rotatable bonds is 9. The lowest BCUT2D eigenvalue weighted by Crippen LogP contribution is -2.37. The Labute approximate surface area is 125 Å². The first kappa shape index (κ1) is 18.0. The lowest BCUT2D eigenvalue weighted by Gasteiger charge is -2.29. The van der Waals surface area contributed by atoms with Crippen molar-refractivity contribution in [2.75, 3.05) is 19.8 Å². The first-order valence-corrected chi connectivity index (χ1v) is 7.47. The number of aryl methyl sites for hydroxylation is 1. The van der Waals surface area contributed by atoms with E-state index in [9.17, 15) is 8.78 Å². The summed E-state index contributed by atoms with van der Waals surface area (Å²) in [6, 6.07) is 2.04. The third kappa shape index (κ3) is 4.73. The third-order valence-electron chi connectivity index (χ3n) is 3.18. The maximum absolute atomic E-state index is 14.4. The Kier molecular flexibility index (Phi) is 7.78. The molecule has 1 N–H and O–H groups in total. The van der Waals surface area contributed by atoms with Crippen LogP contribution in [-0.4, -0.2) is 26.0 Å². The first-order valence-electron chi connectivity index (χ1n) is 7.47. The van der Waals surface area contributed by atoms with Gasteiger partial charge in [0.25, 0.3) is 0 Å². The van der Waals surface area contributed by atoms with Gasteiger partial charge in [0.15, 0.2) is 6.29 Å². The van der Waals surface area contributed by atoms with Crippen LogP contribution < -0.4 is 5.32 Å². The minimum absolute atomic E-state index is 0.0182. The average Bonchev–Trinajstić information content (AvgIpc) is 2.46. The molecular weight excluding hydrogens is 276 g/mol. The molecule has 5 heteroatoms. The van der Waals surface area contributed by atoms with Crippen LogP contribution in [0, 0.1) is 18.6 Å². The van der Waals surface area contributed by atoms with Gasteiger partial charge in [-0.25, -0.2) is 8.78 Å². The predicted molar refractivity (Wildman–Crippen MR) is 79.2 cm³/mol. The van der Waals surface area contributed by atoms with Gasteiger partial charge >= 0.3 is 0 Å². The van der Waals surface area contributed by atoms with Crippen molar-refractivity contribution in [3.05, 3.63) is 34.9 Å². The Morgan fingerprint density at radius 1 is 1.10 bits per heavy atom. The van der Waals surface area contributed by atoms with E-state index in [4.69, 9.17) is 9.47 Å². The summed E-state index contributed by atoms with van der Waals surface area (Å²) in [6.07, 6.45) is 0.119. The van der Waals surface area contributed by atoms with Gasteiger partial charge in [-0.1, -0.05) is 13.0 Å². The molecule has 0 aliphatic rings. The molecule has 0 aliphatic carbocycles. The van der Waals surface area contributed by atoms with Crippen LogP contribution in [-0.2, 0) is 9.47 Å². The van der Waals surface area contributed by atoms with Gasteiger partial charge in [-0.3, -0.25) is 0 Å². The van der Waals surface area contributed by atoms with E-state index in [-0.39, 0.29) is 5.56 Å². The smallest absolute Gasteiger partial charge is 0.177 e. The maximum Gasteiger partial charge on any atom is 0.177 e. The van der Waals surface area contributed by atoms with Crippen LogP contribution in [0.1, 0.15) is 44.4 Å². The van der Waals surface area contributed by atoms with Crippen LogP contribution in [0.4, 0.5) is 8.78 Å². The Morgan fingerprint density at radius 2 is 1.71 bits per heavy atom. The Bertz CT molecular complexity index is 435. The molecule has 1 aromatic rings. The fraction of sp³-hybridized carbons (Fsp3) is 0.625. The van der Waals surface area contributed by atoms with Crippen molar-refractivity contribution in [2.45, 2.75) is 46.4 Å². The van der Waals surface area contributed by atoms with Gasteiger partial charge in [0.05, 0.1) is 6.04 Å². The summed E-state index contributed by atoms with van der Waals surface area (Å²) in [6.45, 7) is 8.69. The quantitative estimate of drug-likeness (QED) is 0.705. The van der Waals surface area contributed by atoms with E-state index in [1.807, 2.05) is 20.8 Å². The van der Waals surface area contributed by atoms with E-state index in [1.165, 1.54) is 12.1 Å². The molecular formula is C16H25F2NO2. The standard InChI is InChI=1S/C16H25F2NO2/c1-5-10-19-15(16(20-6-2)21-7-3)13-12(17)9-8-11(4)14(13)18/h8-9,15-16,19H,5-7,10H2,1-4H3. The van der Waals surface area contributed by atoms with Crippen LogP contribution in [0.3, 0.4) is 0 Å². The number of hydrogen-bond donors (Lipinski definition) is 1. The lowest BCUT2D eigenvalue weighted by molar-refractivity contribution is -0.156. The van der Waals surface area contributed by atoms with Gasteiger partial charge in [-0.15, -0.1) is 0 Å². The topological polar surface area (TPSA) is 30.5 Å². The number of benzene rings is 1. The number of ether oxygens (including phenoxy) is 2. The number of halogens is 2. The monoisotopic (exact) mass is 301 g/mol. The highest BCUT2D eigenvalue weighted by Crippen LogP contribution is 2.27. The van der Waals surface area contributed by atoms with Gasteiger partial charge < -0.3 is 14.8 Å². The molecule has 1 atom stereocenters. The van der Waals surface area contributed by atoms with Crippen molar-refractivity contribution in [2.24, 2.45) is 0 Å². The van der Waals surface area contributed by atoms with Gasteiger partial charge in [0, 0.05) is 18.8 Å². The molecule has 0 aliphatic heterocycles. The molecule has 3 nitrogen and oxygen atoms in total. The normalized spacial score (nSPS) is 12.9. The Hall–Kier alpha value is -1.04. The van der Waals surface area contributed by atoms with Crippen molar-refractivity contribution in [1.82, 2.24) is 5.32 Å². The molecule has 120 valence electrons. The summed E-state index contributed by atoms with van der Waals surface area (Å²) in [5.74, 6) is -1.14. The maximum atomic E-state index is 14.4. The zero-order valence-electron chi connectivity index (χ0n) is 13.2. The molecule has 0 saturated carbocycles. The third-order valence-corrected chi connectivity index (χ3v) is 3.18. The highest BCUT2D eigenvalue weighted by molar-refractivity contribution is 5.29. The number of nitrogens with one attached hydrogen (secondary N) is 1. The Morgan fingerprint density at radius 3 is 2.24 bits per heavy atom. The molecule has 0 bridgehead atoms. The molecule has 1 unspecified atom stereocenters. The fourth-order valence-electron chi connectivity index (χ4n) is 2.17.